The molecule has 2 nitrogen and oxygen atoms in total. The lowest BCUT2D eigenvalue weighted by molar-refractivity contribution is 1.09. The summed E-state index contributed by atoms with van der Waals surface area (Å²) in [6.45, 7) is 4.03. The molecule has 0 saturated carbocycles. The predicted octanol–water partition coefficient (Wildman–Crippen LogP) is 3.52. The summed E-state index contributed by atoms with van der Waals surface area (Å²) >= 11 is 3.39. The number of halogens is 1. The first-order valence-electron chi connectivity index (χ1n) is 4.73. The van der Waals surface area contributed by atoms with Gasteiger partial charge in [0.25, 0.3) is 0 Å². The third-order valence-electron chi connectivity index (χ3n) is 2.23. The fourth-order valence-corrected chi connectivity index (χ4v) is 1.49. The van der Waals surface area contributed by atoms with Crippen LogP contribution in [0.3, 0.4) is 0 Å². The Labute approximate surface area is 97.5 Å². The van der Waals surface area contributed by atoms with Gasteiger partial charge in [-0.1, -0.05) is 29.8 Å². The second kappa shape index (κ2) is 4.11. The van der Waals surface area contributed by atoms with Crippen molar-refractivity contribution in [1.29, 1.82) is 0 Å². The van der Waals surface area contributed by atoms with Crippen molar-refractivity contribution in [2.75, 3.05) is 0 Å². The van der Waals surface area contributed by atoms with Gasteiger partial charge in [0.1, 0.15) is 0 Å². The van der Waals surface area contributed by atoms with E-state index in [1.165, 1.54) is 5.56 Å². The standard InChI is InChI=1S/C12H11BrN2/c1-8-3-5-10(6-4-8)12-14-7-11(13)9(2)15-12/h3-7H,1-2H3. The molecule has 1 aromatic heterocycles. The van der Waals surface area contributed by atoms with E-state index in [0.717, 1.165) is 21.6 Å². The van der Waals surface area contributed by atoms with Gasteiger partial charge in [-0.05, 0) is 29.8 Å². The SMILES string of the molecule is Cc1ccc(-c2ncc(Br)c(C)n2)cc1. The van der Waals surface area contributed by atoms with E-state index in [1.807, 2.05) is 19.1 Å². The van der Waals surface area contributed by atoms with Crippen LogP contribution in [0, 0.1) is 13.8 Å². The van der Waals surface area contributed by atoms with Crippen molar-refractivity contribution in [1.82, 2.24) is 9.97 Å². The predicted molar refractivity (Wildman–Crippen MR) is 64.6 cm³/mol. The number of hydrogen-bond acceptors (Lipinski definition) is 2. The molecule has 2 aromatic rings. The van der Waals surface area contributed by atoms with Crippen molar-refractivity contribution < 1.29 is 0 Å². The monoisotopic (exact) mass is 262 g/mol. The molecule has 0 saturated heterocycles. The Morgan fingerprint density at radius 2 is 1.73 bits per heavy atom. The first-order valence-corrected chi connectivity index (χ1v) is 5.52. The average molecular weight is 263 g/mol. The van der Waals surface area contributed by atoms with E-state index in [4.69, 9.17) is 0 Å². The van der Waals surface area contributed by atoms with Crippen molar-refractivity contribution in [3.63, 3.8) is 0 Å². The first kappa shape index (κ1) is 10.3. The molecule has 76 valence electrons. The molecule has 0 aliphatic heterocycles. The van der Waals surface area contributed by atoms with Crippen LogP contribution in [0.15, 0.2) is 34.9 Å². The minimum absolute atomic E-state index is 0.774. The highest BCUT2D eigenvalue weighted by Crippen LogP contribution is 2.19. The van der Waals surface area contributed by atoms with Gasteiger partial charge in [0.15, 0.2) is 5.82 Å². The Kier molecular flexibility index (Phi) is 2.82. The van der Waals surface area contributed by atoms with Crippen LogP contribution in [0.1, 0.15) is 11.3 Å². The van der Waals surface area contributed by atoms with Gasteiger partial charge >= 0.3 is 0 Å². The van der Waals surface area contributed by atoms with Gasteiger partial charge in [0.05, 0.1) is 10.2 Å². The van der Waals surface area contributed by atoms with Crippen LogP contribution in [-0.2, 0) is 0 Å². The van der Waals surface area contributed by atoms with Crippen molar-refractivity contribution in [3.8, 4) is 11.4 Å². The van der Waals surface area contributed by atoms with E-state index in [9.17, 15) is 0 Å². The first-order chi connectivity index (χ1) is 7.16. The van der Waals surface area contributed by atoms with Crippen LogP contribution < -0.4 is 0 Å². The third-order valence-corrected chi connectivity index (χ3v) is 3.01. The molecule has 0 amide bonds. The van der Waals surface area contributed by atoms with Gasteiger partial charge in [-0.15, -0.1) is 0 Å². The highest BCUT2D eigenvalue weighted by atomic mass is 79.9. The molecule has 2 rings (SSSR count). The summed E-state index contributed by atoms with van der Waals surface area (Å²) in [4.78, 5) is 8.70. The minimum atomic E-state index is 0.774. The quantitative estimate of drug-likeness (QED) is 0.786. The maximum absolute atomic E-state index is 4.41. The van der Waals surface area contributed by atoms with Crippen molar-refractivity contribution in [2.45, 2.75) is 13.8 Å². The summed E-state index contributed by atoms with van der Waals surface area (Å²) in [6, 6.07) is 8.21. The van der Waals surface area contributed by atoms with E-state index in [0.29, 0.717) is 0 Å². The highest BCUT2D eigenvalue weighted by molar-refractivity contribution is 9.10. The topological polar surface area (TPSA) is 25.8 Å². The van der Waals surface area contributed by atoms with E-state index in [1.54, 1.807) is 6.20 Å². The van der Waals surface area contributed by atoms with E-state index in [2.05, 4.69) is 45.0 Å². The van der Waals surface area contributed by atoms with Crippen molar-refractivity contribution in [2.24, 2.45) is 0 Å². The summed E-state index contributed by atoms with van der Waals surface area (Å²) in [7, 11) is 0. The lowest BCUT2D eigenvalue weighted by atomic mass is 10.1. The second-order valence-electron chi connectivity index (χ2n) is 3.49. The Hall–Kier alpha value is -1.22. The molecule has 0 bridgehead atoms. The number of aromatic nitrogens is 2. The molecule has 0 atom stereocenters. The zero-order valence-corrected chi connectivity index (χ0v) is 10.2. The molecule has 0 N–H and O–H groups in total. The number of hydrogen-bond donors (Lipinski definition) is 0. The molecular formula is C12H11BrN2. The third kappa shape index (κ3) is 2.23. The van der Waals surface area contributed by atoms with Gasteiger partial charge in [-0.25, -0.2) is 9.97 Å². The van der Waals surface area contributed by atoms with Gasteiger partial charge in [0.2, 0.25) is 0 Å². The number of nitrogens with zero attached hydrogens (tertiary/aromatic N) is 2. The second-order valence-corrected chi connectivity index (χ2v) is 4.35. The van der Waals surface area contributed by atoms with Crippen LogP contribution >= 0.6 is 15.9 Å². The summed E-state index contributed by atoms with van der Waals surface area (Å²) in [5, 5.41) is 0. The fraction of sp³-hybridized carbons (Fsp3) is 0.167. The average Bonchev–Trinajstić information content (AvgIpc) is 2.23. The van der Waals surface area contributed by atoms with E-state index in [-0.39, 0.29) is 0 Å². The zero-order chi connectivity index (χ0) is 10.8. The molecule has 0 aliphatic rings. The molecule has 0 unspecified atom stereocenters. The largest absolute Gasteiger partial charge is 0.235 e. The normalized spacial score (nSPS) is 10.3. The van der Waals surface area contributed by atoms with Crippen LogP contribution in [0.4, 0.5) is 0 Å². The number of aryl methyl sites for hydroxylation is 2. The summed E-state index contributed by atoms with van der Waals surface area (Å²) < 4.78 is 0.943. The fourth-order valence-electron chi connectivity index (χ4n) is 1.29. The lowest BCUT2D eigenvalue weighted by Gasteiger charge is -2.02. The van der Waals surface area contributed by atoms with Gasteiger partial charge in [-0.3, -0.25) is 0 Å². The Bertz CT molecular complexity index is 477. The van der Waals surface area contributed by atoms with Crippen LogP contribution in [0.5, 0.6) is 0 Å². The smallest absolute Gasteiger partial charge is 0.159 e. The Balaban J connectivity index is 2.45. The maximum Gasteiger partial charge on any atom is 0.159 e. The van der Waals surface area contributed by atoms with Crippen molar-refractivity contribution >= 4 is 15.9 Å². The molecular weight excluding hydrogens is 252 g/mol. The summed E-state index contributed by atoms with van der Waals surface area (Å²) in [6.07, 6.45) is 1.79. The molecule has 3 heteroatoms. The Morgan fingerprint density at radius 3 is 2.33 bits per heavy atom. The molecule has 1 heterocycles. The van der Waals surface area contributed by atoms with Crippen LogP contribution in [0.2, 0.25) is 0 Å². The molecule has 0 radical (unpaired) electrons. The van der Waals surface area contributed by atoms with Crippen LogP contribution in [0.25, 0.3) is 11.4 Å². The van der Waals surface area contributed by atoms with E-state index >= 15 is 0 Å². The molecule has 0 fully saturated rings. The zero-order valence-electron chi connectivity index (χ0n) is 8.66. The minimum Gasteiger partial charge on any atom is -0.235 e. The maximum atomic E-state index is 4.41. The van der Waals surface area contributed by atoms with Gasteiger partial charge in [0, 0.05) is 11.8 Å². The van der Waals surface area contributed by atoms with Crippen LogP contribution in [-0.4, -0.2) is 9.97 Å². The molecule has 15 heavy (non-hydrogen) atoms. The van der Waals surface area contributed by atoms with Gasteiger partial charge < -0.3 is 0 Å². The molecule has 1 aromatic carbocycles. The molecule has 0 aliphatic carbocycles. The van der Waals surface area contributed by atoms with Gasteiger partial charge in [-0.2, -0.15) is 0 Å². The summed E-state index contributed by atoms with van der Waals surface area (Å²) in [5.41, 5.74) is 3.25. The molecule has 0 spiro atoms. The number of benzene rings is 1. The van der Waals surface area contributed by atoms with E-state index < -0.39 is 0 Å². The lowest BCUT2D eigenvalue weighted by Crippen LogP contribution is -1.92. The highest BCUT2D eigenvalue weighted by Gasteiger charge is 2.02. The Morgan fingerprint density at radius 1 is 1.07 bits per heavy atom. The number of rotatable bonds is 1. The summed E-state index contributed by atoms with van der Waals surface area (Å²) in [5.74, 6) is 0.774. The van der Waals surface area contributed by atoms with Crippen molar-refractivity contribution in [3.05, 3.63) is 46.2 Å².